The first-order chi connectivity index (χ1) is 12.0. The predicted molar refractivity (Wildman–Crippen MR) is 105 cm³/mol. The molecule has 140 valence electrons. The number of nitrogens with zero attached hydrogens (tertiary/aromatic N) is 3. The highest BCUT2D eigenvalue weighted by atomic mass is 32.1. The number of piperidine rings is 1. The van der Waals surface area contributed by atoms with Crippen LogP contribution in [0.15, 0.2) is 16.0 Å². The summed E-state index contributed by atoms with van der Waals surface area (Å²) in [5.74, 6) is 1.38. The summed E-state index contributed by atoms with van der Waals surface area (Å²) in [5.41, 5.74) is 11.1. The molecule has 2 rings (SSSR count). The van der Waals surface area contributed by atoms with Crippen molar-refractivity contribution in [3.05, 3.63) is 22.4 Å². The molecule has 1 aromatic rings. The highest BCUT2D eigenvalue weighted by molar-refractivity contribution is 7.80. The first-order valence-corrected chi connectivity index (χ1v) is 9.27. The summed E-state index contributed by atoms with van der Waals surface area (Å²) in [6.45, 7) is 6.19. The summed E-state index contributed by atoms with van der Waals surface area (Å²) in [7, 11) is 0. The number of thiol groups is 1. The van der Waals surface area contributed by atoms with Crippen molar-refractivity contribution in [1.82, 2.24) is 15.3 Å². The van der Waals surface area contributed by atoms with Crippen molar-refractivity contribution in [1.29, 1.82) is 0 Å². The third-order valence-corrected chi connectivity index (χ3v) is 4.63. The fourth-order valence-corrected chi connectivity index (χ4v) is 3.07. The Bertz CT molecular complexity index is 619. The van der Waals surface area contributed by atoms with E-state index in [4.69, 9.17) is 11.5 Å². The van der Waals surface area contributed by atoms with Gasteiger partial charge in [-0.2, -0.15) is 12.6 Å². The van der Waals surface area contributed by atoms with Gasteiger partial charge in [0.2, 0.25) is 0 Å². The van der Waals surface area contributed by atoms with Crippen molar-refractivity contribution in [3.8, 4) is 0 Å². The van der Waals surface area contributed by atoms with Crippen LogP contribution in [0.3, 0.4) is 0 Å². The fraction of sp³-hybridized carbons (Fsp3) is 0.688. The highest BCUT2D eigenvalue weighted by Gasteiger charge is 2.21. The molecule has 1 saturated heterocycles. The zero-order valence-electron chi connectivity index (χ0n) is 14.7. The van der Waals surface area contributed by atoms with E-state index in [1.165, 1.54) is 0 Å². The summed E-state index contributed by atoms with van der Waals surface area (Å²) >= 11 is 4.30. The van der Waals surface area contributed by atoms with Crippen molar-refractivity contribution < 1.29 is 0 Å². The molecule has 8 nitrogen and oxygen atoms in total. The number of aliphatic imine (C=N–C) groups is 1. The Morgan fingerprint density at radius 2 is 2.24 bits per heavy atom. The van der Waals surface area contributed by atoms with Crippen LogP contribution in [0.5, 0.6) is 0 Å². The molecule has 6 N–H and O–H groups in total. The average Bonchev–Trinajstić information content (AvgIpc) is 2.58. The van der Waals surface area contributed by atoms with Gasteiger partial charge >= 0.3 is 0 Å². The lowest BCUT2D eigenvalue weighted by Crippen LogP contribution is -2.40. The van der Waals surface area contributed by atoms with Gasteiger partial charge < -0.3 is 26.7 Å². The molecule has 0 saturated carbocycles. The zero-order valence-corrected chi connectivity index (χ0v) is 15.6. The first kappa shape index (κ1) is 19.6. The average molecular weight is 368 g/mol. The van der Waals surface area contributed by atoms with E-state index in [-0.39, 0.29) is 16.8 Å². The lowest BCUT2D eigenvalue weighted by molar-refractivity contribution is 0.382. The molecule has 0 amide bonds. The van der Waals surface area contributed by atoms with Gasteiger partial charge in [0.15, 0.2) is 5.96 Å². The number of anilines is 1. The summed E-state index contributed by atoms with van der Waals surface area (Å²) in [6, 6.07) is 0. The molecule has 9 heteroatoms. The van der Waals surface area contributed by atoms with Crippen LogP contribution >= 0.6 is 12.6 Å². The summed E-state index contributed by atoms with van der Waals surface area (Å²) in [5, 5.41) is 3.38. The monoisotopic (exact) mass is 367 g/mol. The van der Waals surface area contributed by atoms with Crippen LogP contribution < -0.4 is 27.2 Å². The second-order valence-electron chi connectivity index (χ2n) is 6.45. The van der Waals surface area contributed by atoms with E-state index in [0.29, 0.717) is 24.0 Å². The molecular weight excluding hydrogens is 338 g/mol. The molecule has 1 aliphatic heterocycles. The zero-order chi connectivity index (χ0) is 18.2. The van der Waals surface area contributed by atoms with Crippen LogP contribution in [0.1, 0.15) is 37.3 Å². The first-order valence-electron chi connectivity index (χ1n) is 8.75. The Balaban J connectivity index is 1.73. The van der Waals surface area contributed by atoms with Crippen molar-refractivity contribution in [3.63, 3.8) is 0 Å². The second-order valence-corrected chi connectivity index (χ2v) is 7.23. The number of rotatable bonds is 8. The molecule has 0 aliphatic carbocycles. The molecule has 1 atom stereocenters. The van der Waals surface area contributed by atoms with Crippen LogP contribution in [0.4, 0.5) is 5.69 Å². The number of aromatic nitrogens is 2. The highest BCUT2D eigenvalue weighted by Crippen LogP contribution is 2.21. The lowest BCUT2D eigenvalue weighted by Gasteiger charge is -2.33. The van der Waals surface area contributed by atoms with Crippen molar-refractivity contribution in [2.45, 2.75) is 31.4 Å². The largest absolute Gasteiger partial charge is 0.370 e. The quantitative estimate of drug-likeness (QED) is 0.194. The van der Waals surface area contributed by atoms with Gasteiger partial charge in [-0.25, -0.2) is 4.98 Å². The number of hydrogen-bond acceptors (Lipinski definition) is 6. The van der Waals surface area contributed by atoms with Crippen molar-refractivity contribution >= 4 is 24.3 Å². The number of nitrogens with one attached hydrogen (secondary N) is 2. The number of guanidine groups is 1. The van der Waals surface area contributed by atoms with Crippen molar-refractivity contribution in [2.75, 3.05) is 37.6 Å². The van der Waals surface area contributed by atoms with Gasteiger partial charge in [-0.15, -0.1) is 0 Å². The van der Waals surface area contributed by atoms with Crippen molar-refractivity contribution in [2.24, 2.45) is 22.4 Å². The fourth-order valence-electron chi connectivity index (χ4n) is 2.94. The van der Waals surface area contributed by atoms with Crippen LogP contribution in [0, 0.1) is 5.92 Å². The van der Waals surface area contributed by atoms with Crippen LogP contribution in [0.25, 0.3) is 0 Å². The van der Waals surface area contributed by atoms with E-state index >= 15 is 0 Å². The van der Waals surface area contributed by atoms with Crippen LogP contribution in [-0.2, 0) is 0 Å². The van der Waals surface area contributed by atoms with E-state index in [0.717, 1.165) is 45.4 Å². The molecule has 25 heavy (non-hydrogen) atoms. The Labute approximate surface area is 153 Å². The Hall–Kier alpha value is -1.74. The molecule has 0 radical (unpaired) electrons. The SMILES string of the molecule is CC(S)c1ncc(N2CCC(CNCCCN=C(N)N)CC2)c(=O)[nH]1. The maximum Gasteiger partial charge on any atom is 0.274 e. The summed E-state index contributed by atoms with van der Waals surface area (Å²) in [4.78, 5) is 25.4. The number of nitrogens with two attached hydrogens (primary N) is 2. The van der Waals surface area contributed by atoms with E-state index < -0.39 is 0 Å². The molecular formula is C16H29N7OS. The Morgan fingerprint density at radius 1 is 1.52 bits per heavy atom. The topological polar surface area (TPSA) is 125 Å². The third kappa shape index (κ3) is 6.24. The minimum absolute atomic E-state index is 0.0782. The molecule has 0 spiro atoms. The third-order valence-electron chi connectivity index (χ3n) is 4.39. The molecule has 1 aromatic heterocycles. The van der Waals surface area contributed by atoms with E-state index in [9.17, 15) is 4.79 Å². The molecule has 1 aliphatic rings. The second kappa shape index (κ2) is 9.67. The van der Waals surface area contributed by atoms with Gasteiger partial charge in [-0.1, -0.05) is 0 Å². The van der Waals surface area contributed by atoms with Gasteiger partial charge in [0.05, 0.1) is 11.4 Å². The van der Waals surface area contributed by atoms with Crippen LogP contribution in [0.2, 0.25) is 0 Å². The maximum atomic E-state index is 12.2. The standard InChI is InChI=1S/C16H29N7OS/c1-11(25)14-21-10-13(15(24)22-14)23-7-3-12(4-8-23)9-19-5-2-6-20-16(17)18/h10-12,19,25H,2-9H2,1H3,(H4,17,18,20)(H,21,22,24). The maximum absolute atomic E-state index is 12.2. The van der Waals surface area contributed by atoms with Gasteiger partial charge in [0.25, 0.3) is 5.56 Å². The smallest absolute Gasteiger partial charge is 0.274 e. The van der Waals surface area contributed by atoms with Gasteiger partial charge in [-0.3, -0.25) is 9.79 Å². The van der Waals surface area contributed by atoms with Gasteiger partial charge in [0, 0.05) is 19.6 Å². The number of hydrogen-bond donors (Lipinski definition) is 5. The molecule has 1 fully saturated rings. The summed E-state index contributed by atoms with van der Waals surface area (Å²) < 4.78 is 0. The Morgan fingerprint density at radius 3 is 2.84 bits per heavy atom. The van der Waals surface area contributed by atoms with Gasteiger partial charge in [-0.05, 0) is 45.2 Å². The molecule has 1 unspecified atom stereocenters. The van der Waals surface area contributed by atoms with E-state index in [1.807, 2.05) is 6.92 Å². The van der Waals surface area contributed by atoms with Gasteiger partial charge in [0.1, 0.15) is 11.5 Å². The minimum atomic E-state index is -0.0813. The normalized spacial score (nSPS) is 16.6. The minimum Gasteiger partial charge on any atom is -0.370 e. The summed E-state index contributed by atoms with van der Waals surface area (Å²) in [6.07, 6.45) is 4.72. The van der Waals surface area contributed by atoms with Crippen LogP contribution in [-0.4, -0.2) is 48.7 Å². The molecule has 0 aromatic carbocycles. The van der Waals surface area contributed by atoms with E-state index in [1.54, 1.807) is 6.20 Å². The molecule has 0 bridgehead atoms. The predicted octanol–water partition coefficient (Wildman–Crippen LogP) is 0.230. The lowest BCUT2D eigenvalue weighted by atomic mass is 9.96. The number of aromatic amines is 1. The number of H-pyrrole nitrogens is 1. The molecule has 2 heterocycles. The Kier molecular flexibility index (Phi) is 7.57. The van der Waals surface area contributed by atoms with E-state index in [2.05, 4.69) is 37.8 Å².